The summed E-state index contributed by atoms with van der Waals surface area (Å²) in [7, 11) is 0. The summed E-state index contributed by atoms with van der Waals surface area (Å²) >= 11 is 6.34. The highest BCUT2D eigenvalue weighted by Crippen LogP contribution is 2.44. The summed E-state index contributed by atoms with van der Waals surface area (Å²) in [6.45, 7) is 0.893. The van der Waals surface area contributed by atoms with Gasteiger partial charge in [-0.1, -0.05) is 78.3 Å². The Kier molecular flexibility index (Phi) is 6.63. The smallest absolute Gasteiger partial charge is 0.416 e. The Bertz CT molecular complexity index is 1150. The second kappa shape index (κ2) is 9.97. The van der Waals surface area contributed by atoms with Crippen LogP contribution in [0.4, 0.5) is 4.79 Å². The maximum absolute atomic E-state index is 13.2. The quantitative estimate of drug-likeness (QED) is 0.446. The molecule has 1 aliphatic heterocycles. The Labute approximate surface area is 203 Å². The average molecular weight is 478 g/mol. The predicted octanol–water partition coefficient (Wildman–Crippen LogP) is 5.03. The third kappa shape index (κ3) is 4.32. The molecule has 2 aliphatic rings. The van der Waals surface area contributed by atoms with Crippen LogP contribution in [-0.2, 0) is 25.4 Å². The van der Waals surface area contributed by atoms with E-state index in [1.807, 2.05) is 54.6 Å². The van der Waals surface area contributed by atoms with Crippen molar-refractivity contribution >= 4 is 24.1 Å². The van der Waals surface area contributed by atoms with E-state index in [1.165, 1.54) is 0 Å². The van der Waals surface area contributed by atoms with Crippen LogP contribution in [-0.4, -0.2) is 49.6 Å². The number of nitrogens with zero attached hydrogens (tertiary/aromatic N) is 1. The number of carbonyl (C=O) groups excluding carboxylic acids is 2. The molecule has 1 atom stereocenters. The molecule has 2 amide bonds. The lowest BCUT2D eigenvalue weighted by molar-refractivity contribution is -0.131. The minimum absolute atomic E-state index is 0.106. The van der Waals surface area contributed by atoms with Crippen molar-refractivity contribution in [3.63, 3.8) is 0 Å². The van der Waals surface area contributed by atoms with E-state index in [-0.39, 0.29) is 18.9 Å². The molecule has 7 heteroatoms. The molecule has 0 saturated carbocycles. The van der Waals surface area contributed by atoms with Crippen molar-refractivity contribution < 1.29 is 23.8 Å². The first kappa shape index (κ1) is 22.6. The van der Waals surface area contributed by atoms with Gasteiger partial charge in [-0.25, -0.2) is 9.69 Å². The van der Waals surface area contributed by atoms with Crippen molar-refractivity contribution in [1.29, 1.82) is 0 Å². The number of hydrogen-bond donors (Lipinski definition) is 0. The van der Waals surface area contributed by atoms with Crippen molar-refractivity contribution in [1.82, 2.24) is 4.90 Å². The van der Waals surface area contributed by atoms with Crippen LogP contribution < -0.4 is 0 Å². The van der Waals surface area contributed by atoms with Gasteiger partial charge in [-0.2, -0.15) is 0 Å². The van der Waals surface area contributed by atoms with Gasteiger partial charge in [-0.15, -0.1) is 0 Å². The fourth-order valence-corrected chi connectivity index (χ4v) is 4.95. The van der Waals surface area contributed by atoms with E-state index in [9.17, 15) is 9.59 Å². The number of amides is 2. The molecule has 34 heavy (non-hydrogen) atoms. The highest BCUT2D eigenvalue weighted by Gasteiger charge is 2.37. The van der Waals surface area contributed by atoms with Gasteiger partial charge in [-0.3, -0.25) is 4.79 Å². The molecular weight excluding hydrogens is 454 g/mol. The number of carbonyl (C=O) groups is 2. The van der Waals surface area contributed by atoms with E-state index in [0.717, 1.165) is 32.7 Å². The van der Waals surface area contributed by atoms with Gasteiger partial charge in [0.05, 0.1) is 19.3 Å². The maximum Gasteiger partial charge on any atom is 0.416 e. The monoisotopic (exact) mass is 477 g/mol. The molecule has 0 radical (unpaired) electrons. The largest absolute Gasteiger partial charge is 0.448 e. The van der Waals surface area contributed by atoms with Crippen LogP contribution in [0.2, 0.25) is 5.02 Å². The van der Waals surface area contributed by atoms with Gasteiger partial charge in [0.15, 0.2) is 6.29 Å². The van der Waals surface area contributed by atoms with E-state index in [1.54, 1.807) is 6.07 Å². The van der Waals surface area contributed by atoms with Crippen LogP contribution in [0.1, 0.15) is 22.6 Å². The van der Waals surface area contributed by atoms with Gasteiger partial charge in [-0.05, 0) is 40.3 Å². The zero-order valence-corrected chi connectivity index (χ0v) is 19.2. The molecular formula is C27H24ClNO5. The summed E-state index contributed by atoms with van der Waals surface area (Å²) in [6.07, 6.45) is -0.728. The van der Waals surface area contributed by atoms with E-state index >= 15 is 0 Å². The fourth-order valence-electron chi connectivity index (χ4n) is 4.74. The molecule has 0 unspecified atom stereocenters. The summed E-state index contributed by atoms with van der Waals surface area (Å²) in [5.74, 6) is -0.106. The molecule has 5 rings (SSSR count). The number of rotatable bonds is 7. The maximum atomic E-state index is 13.2. The van der Waals surface area contributed by atoms with E-state index in [0.29, 0.717) is 24.6 Å². The first-order valence-corrected chi connectivity index (χ1v) is 11.6. The van der Waals surface area contributed by atoms with Crippen molar-refractivity contribution in [3.8, 4) is 11.1 Å². The van der Waals surface area contributed by atoms with Gasteiger partial charge in [0.1, 0.15) is 6.61 Å². The first-order valence-electron chi connectivity index (χ1n) is 11.2. The van der Waals surface area contributed by atoms with Crippen LogP contribution in [0.3, 0.4) is 0 Å². The molecule has 6 nitrogen and oxygen atoms in total. The second-order valence-corrected chi connectivity index (χ2v) is 8.70. The molecule has 0 N–H and O–H groups in total. The zero-order chi connectivity index (χ0) is 23.5. The third-order valence-corrected chi connectivity index (χ3v) is 6.74. The highest BCUT2D eigenvalue weighted by molar-refractivity contribution is 6.31. The molecule has 0 bridgehead atoms. The summed E-state index contributed by atoms with van der Waals surface area (Å²) in [5, 5.41) is 0.545. The topological polar surface area (TPSA) is 65.1 Å². The van der Waals surface area contributed by atoms with Crippen LogP contribution in [0.5, 0.6) is 0 Å². The lowest BCUT2D eigenvalue weighted by Gasteiger charge is -2.30. The molecule has 174 valence electrons. The minimum Gasteiger partial charge on any atom is -0.448 e. The number of halogens is 1. The Balaban J connectivity index is 1.36. The Hall–Kier alpha value is -3.19. The molecule has 1 saturated heterocycles. The Morgan fingerprint density at radius 3 is 2.18 bits per heavy atom. The standard InChI is InChI=1S/C27H24ClNO5/c28-24-12-6-1-7-18(24)15-25(26-32-13-14-33-26)29(17-30)27(31)34-16-23-21-10-4-2-8-19(21)20-9-3-5-11-22(20)23/h1-12,17,23,25-26H,13-16H2/t25-/m0/s1. The number of hydrogen-bond acceptors (Lipinski definition) is 5. The molecule has 1 heterocycles. The number of ether oxygens (including phenoxy) is 3. The fraction of sp³-hybridized carbons (Fsp3) is 0.259. The first-order chi connectivity index (χ1) is 16.7. The summed E-state index contributed by atoms with van der Waals surface area (Å²) in [4.78, 5) is 26.3. The molecule has 3 aromatic carbocycles. The zero-order valence-electron chi connectivity index (χ0n) is 18.4. The van der Waals surface area contributed by atoms with E-state index in [2.05, 4.69) is 12.1 Å². The van der Waals surface area contributed by atoms with Gasteiger partial charge in [0.25, 0.3) is 0 Å². The van der Waals surface area contributed by atoms with Crippen molar-refractivity contribution in [2.24, 2.45) is 0 Å². The normalized spacial score (nSPS) is 16.0. The summed E-state index contributed by atoms with van der Waals surface area (Å²) < 4.78 is 17.0. The summed E-state index contributed by atoms with van der Waals surface area (Å²) in [5.41, 5.74) is 5.26. The minimum atomic E-state index is -0.748. The molecule has 0 spiro atoms. The van der Waals surface area contributed by atoms with Crippen molar-refractivity contribution in [2.45, 2.75) is 24.7 Å². The van der Waals surface area contributed by atoms with Crippen molar-refractivity contribution in [2.75, 3.05) is 19.8 Å². The van der Waals surface area contributed by atoms with Crippen LogP contribution in [0, 0.1) is 0 Å². The van der Waals surface area contributed by atoms with Gasteiger partial charge < -0.3 is 14.2 Å². The summed E-state index contributed by atoms with van der Waals surface area (Å²) in [6, 6.07) is 22.8. The van der Waals surface area contributed by atoms with Crippen molar-refractivity contribution in [3.05, 3.63) is 94.5 Å². The Morgan fingerprint density at radius 2 is 1.56 bits per heavy atom. The van der Waals surface area contributed by atoms with Gasteiger partial charge in [0, 0.05) is 10.9 Å². The lowest BCUT2D eigenvalue weighted by atomic mass is 9.98. The lowest BCUT2D eigenvalue weighted by Crippen LogP contribution is -2.48. The van der Waals surface area contributed by atoms with E-state index in [4.69, 9.17) is 25.8 Å². The third-order valence-electron chi connectivity index (χ3n) is 6.37. The predicted molar refractivity (Wildman–Crippen MR) is 128 cm³/mol. The number of imide groups is 1. The number of fused-ring (bicyclic) bond motifs is 3. The molecule has 1 aliphatic carbocycles. The SMILES string of the molecule is O=CN(C(=O)OCC1c2ccccc2-c2ccccc21)[C@@H](Cc1ccccc1Cl)C1OCCO1. The van der Waals surface area contributed by atoms with Gasteiger partial charge >= 0.3 is 6.09 Å². The van der Waals surface area contributed by atoms with Crippen LogP contribution in [0.25, 0.3) is 11.1 Å². The molecule has 3 aromatic rings. The highest BCUT2D eigenvalue weighted by atomic mass is 35.5. The number of benzene rings is 3. The van der Waals surface area contributed by atoms with Crippen LogP contribution in [0.15, 0.2) is 72.8 Å². The molecule has 0 aromatic heterocycles. The second-order valence-electron chi connectivity index (χ2n) is 8.29. The van der Waals surface area contributed by atoms with E-state index < -0.39 is 18.4 Å². The average Bonchev–Trinajstić information content (AvgIpc) is 3.51. The molecule has 1 fully saturated rings. The van der Waals surface area contributed by atoms with Gasteiger partial charge in [0.2, 0.25) is 6.41 Å². The Morgan fingerprint density at radius 1 is 0.971 bits per heavy atom. The van der Waals surface area contributed by atoms with Crippen LogP contribution >= 0.6 is 11.6 Å².